The van der Waals surface area contributed by atoms with Gasteiger partial charge >= 0.3 is 5.97 Å². The molecule has 0 spiro atoms. The van der Waals surface area contributed by atoms with Crippen molar-refractivity contribution < 1.29 is 19.1 Å². The molecule has 0 amide bonds. The van der Waals surface area contributed by atoms with E-state index in [1.54, 1.807) is 31.2 Å². The fourth-order valence-electron chi connectivity index (χ4n) is 2.14. The molecule has 138 valence electrons. The molecule has 0 bridgehead atoms. The van der Waals surface area contributed by atoms with Gasteiger partial charge in [-0.1, -0.05) is 41.9 Å². The van der Waals surface area contributed by atoms with Gasteiger partial charge in [0.25, 0.3) is 5.22 Å². The van der Waals surface area contributed by atoms with E-state index in [9.17, 15) is 9.90 Å². The van der Waals surface area contributed by atoms with Crippen LogP contribution in [0.4, 0.5) is 0 Å². The maximum Gasteiger partial charge on any atom is 0.342 e. The van der Waals surface area contributed by atoms with Crippen LogP contribution in [0, 0.1) is 6.92 Å². The van der Waals surface area contributed by atoms with E-state index in [-0.39, 0.29) is 10.1 Å². The lowest BCUT2D eigenvalue weighted by Gasteiger charge is -2.08. The molecule has 3 rings (SSSR count). The van der Waals surface area contributed by atoms with Crippen molar-refractivity contribution in [3.63, 3.8) is 0 Å². The minimum absolute atomic E-state index is 0.0726. The predicted octanol–water partition coefficient (Wildman–Crippen LogP) is 4.83. The lowest BCUT2D eigenvalue weighted by atomic mass is 10.2. The smallest absolute Gasteiger partial charge is 0.342 e. The topological polar surface area (TPSA) is 85.5 Å². The van der Waals surface area contributed by atoms with Gasteiger partial charge in [-0.3, -0.25) is 0 Å². The second-order valence-electron chi connectivity index (χ2n) is 5.45. The molecule has 1 heterocycles. The van der Waals surface area contributed by atoms with E-state index in [2.05, 4.69) is 10.2 Å². The van der Waals surface area contributed by atoms with Gasteiger partial charge in [0.1, 0.15) is 17.3 Å². The molecule has 1 N–H and O–H groups in total. The van der Waals surface area contributed by atoms with Gasteiger partial charge in [-0.05, 0) is 41.6 Å². The molecule has 0 saturated heterocycles. The van der Waals surface area contributed by atoms with E-state index >= 15 is 0 Å². The van der Waals surface area contributed by atoms with Crippen LogP contribution in [-0.4, -0.2) is 21.3 Å². The maximum absolute atomic E-state index is 11.5. The van der Waals surface area contributed by atoms with Gasteiger partial charge in [0, 0.05) is 17.5 Å². The van der Waals surface area contributed by atoms with Gasteiger partial charge in [-0.25, -0.2) is 4.79 Å². The summed E-state index contributed by atoms with van der Waals surface area (Å²) in [5, 5.41) is 17.7. The van der Waals surface area contributed by atoms with Crippen molar-refractivity contribution in [2.45, 2.75) is 18.8 Å². The maximum atomic E-state index is 11.5. The number of ether oxygens (including phenoxy) is 1. The second-order valence-corrected chi connectivity index (χ2v) is 6.85. The van der Waals surface area contributed by atoms with Crippen molar-refractivity contribution in [3.05, 3.63) is 75.5 Å². The van der Waals surface area contributed by atoms with Crippen molar-refractivity contribution in [3.8, 4) is 5.75 Å². The Morgan fingerprint density at radius 3 is 2.59 bits per heavy atom. The van der Waals surface area contributed by atoms with Crippen LogP contribution in [0.5, 0.6) is 5.75 Å². The van der Waals surface area contributed by atoms with Crippen LogP contribution in [0.1, 0.15) is 17.0 Å². The number of hydrogen-bond acceptors (Lipinski definition) is 6. The van der Waals surface area contributed by atoms with Gasteiger partial charge in [-0.15, -0.1) is 10.2 Å². The molecule has 1 aromatic heterocycles. The van der Waals surface area contributed by atoms with E-state index in [0.29, 0.717) is 28.8 Å². The van der Waals surface area contributed by atoms with E-state index < -0.39 is 5.97 Å². The number of aliphatic carboxylic acids is 1. The number of nitrogens with zero attached hydrogens (tertiary/aromatic N) is 2. The lowest BCUT2D eigenvalue weighted by Crippen LogP contribution is -1.97. The van der Waals surface area contributed by atoms with Crippen LogP contribution in [0.2, 0.25) is 5.02 Å². The average Bonchev–Trinajstić information content (AvgIpc) is 3.06. The number of aryl methyl sites for hydroxylation is 1. The van der Waals surface area contributed by atoms with Gasteiger partial charge in [-0.2, -0.15) is 0 Å². The summed E-state index contributed by atoms with van der Waals surface area (Å²) in [6, 6.07) is 14.5. The molecular formula is C19H15ClN2O4S. The monoisotopic (exact) mass is 402 g/mol. The molecule has 27 heavy (non-hydrogen) atoms. The van der Waals surface area contributed by atoms with Crippen molar-refractivity contribution in [2.24, 2.45) is 0 Å². The highest BCUT2D eigenvalue weighted by molar-refractivity contribution is 8.03. The number of carboxylic acids is 1. The lowest BCUT2D eigenvalue weighted by molar-refractivity contribution is -0.131. The summed E-state index contributed by atoms with van der Waals surface area (Å²) in [4.78, 5) is 11.5. The number of aromatic nitrogens is 2. The Morgan fingerprint density at radius 1 is 1.22 bits per heavy atom. The van der Waals surface area contributed by atoms with Crippen LogP contribution in [-0.2, 0) is 11.4 Å². The van der Waals surface area contributed by atoms with E-state index in [1.807, 2.05) is 24.3 Å². The van der Waals surface area contributed by atoms with Crippen LogP contribution in [0.3, 0.4) is 0 Å². The van der Waals surface area contributed by atoms with Crippen LogP contribution < -0.4 is 4.74 Å². The summed E-state index contributed by atoms with van der Waals surface area (Å²) >= 11 is 7.01. The summed E-state index contributed by atoms with van der Waals surface area (Å²) in [5.41, 5.74) is 1.60. The zero-order chi connectivity index (χ0) is 19.2. The molecule has 0 unspecified atom stereocenters. The Bertz CT molecular complexity index is 970. The first-order chi connectivity index (χ1) is 13.0. The summed E-state index contributed by atoms with van der Waals surface area (Å²) < 4.78 is 10.9. The molecular weight excluding hydrogens is 388 g/mol. The Balaban J connectivity index is 1.68. The summed E-state index contributed by atoms with van der Waals surface area (Å²) in [6.07, 6.45) is 1.53. The third kappa shape index (κ3) is 5.35. The standard InChI is InChI=1S/C19H15ClN2O4S/c1-12-21-22-19(26-12)27-17(18(23)24)10-13-6-8-15(9-7-13)25-11-14-4-2-3-5-16(14)20/h2-10H,11H2,1H3,(H,23,24)/b17-10-. The molecule has 0 fully saturated rings. The molecule has 6 nitrogen and oxygen atoms in total. The number of thioether (sulfide) groups is 1. The van der Waals surface area contributed by atoms with Crippen molar-refractivity contribution in [1.82, 2.24) is 10.2 Å². The van der Waals surface area contributed by atoms with Gasteiger partial charge < -0.3 is 14.3 Å². The van der Waals surface area contributed by atoms with Crippen LogP contribution in [0.25, 0.3) is 6.08 Å². The average molecular weight is 403 g/mol. The minimum Gasteiger partial charge on any atom is -0.489 e. The zero-order valence-corrected chi connectivity index (χ0v) is 15.8. The number of halogens is 1. The predicted molar refractivity (Wildman–Crippen MR) is 103 cm³/mol. The first-order valence-corrected chi connectivity index (χ1v) is 9.10. The van der Waals surface area contributed by atoms with Crippen molar-refractivity contribution >= 4 is 35.4 Å². The normalized spacial score (nSPS) is 11.4. The molecule has 8 heteroatoms. The molecule has 0 aliphatic heterocycles. The number of hydrogen-bond donors (Lipinski definition) is 1. The fourth-order valence-corrected chi connectivity index (χ4v) is 3.04. The van der Waals surface area contributed by atoms with Gasteiger partial charge in [0.2, 0.25) is 5.89 Å². The minimum atomic E-state index is -1.07. The molecule has 3 aromatic rings. The quantitative estimate of drug-likeness (QED) is 0.447. The number of carboxylic acid groups (broad SMARTS) is 1. The Labute approximate surface area is 164 Å². The molecule has 0 radical (unpaired) electrons. The third-order valence-electron chi connectivity index (χ3n) is 3.45. The number of carbonyl (C=O) groups is 1. The van der Waals surface area contributed by atoms with E-state index in [0.717, 1.165) is 17.3 Å². The van der Waals surface area contributed by atoms with Gasteiger partial charge in [0.05, 0.1) is 0 Å². The van der Waals surface area contributed by atoms with Gasteiger partial charge in [0.15, 0.2) is 0 Å². The molecule has 0 aliphatic rings. The third-order valence-corrected chi connectivity index (χ3v) is 4.67. The van der Waals surface area contributed by atoms with E-state index in [1.165, 1.54) is 6.08 Å². The van der Waals surface area contributed by atoms with Crippen molar-refractivity contribution in [2.75, 3.05) is 0 Å². The highest BCUT2D eigenvalue weighted by Gasteiger charge is 2.14. The Kier molecular flexibility index (Phi) is 6.16. The fraction of sp³-hybridized carbons (Fsp3) is 0.105. The van der Waals surface area contributed by atoms with E-state index in [4.69, 9.17) is 20.8 Å². The van der Waals surface area contributed by atoms with Crippen LogP contribution in [0.15, 0.2) is 63.1 Å². The first-order valence-electron chi connectivity index (χ1n) is 7.90. The molecule has 0 saturated carbocycles. The Hall–Kier alpha value is -2.77. The number of rotatable bonds is 7. The molecule has 2 aromatic carbocycles. The zero-order valence-electron chi connectivity index (χ0n) is 14.3. The second kappa shape index (κ2) is 8.75. The largest absolute Gasteiger partial charge is 0.489 e. The first kappa shape index (κ1) is 19.0. The van der Waals surface area contributed by atoms with Crippen molar-refractivity contribution in [1.29, 1.82) is 0 Å². The molecule has 0 atom stereocenters. The SMILES string of the molecule is Cc1nnc(S/C(=C\c2ccc(OCc3ccccc3Cl)cc2)C(=O)O)o1. The summed E-state index contributed by atoms with van der Waals surface area (Å²) in [7, 11) is 0. The molecule has 0 aliphatic carbocycles. The highest BCUT2D eigenvalue weighted by atomic mass is 35.5. The number of benzene rings is 2. The Morgan fingerprint density at radius 2 is 1.96 bits per heavy atom. The van der Waals surface area contributed by atoms with Crippen LogP contribution >= 0.6 is 23.4 Å². The summed E-state index contributed by atoms with van der Waals surface area (Å²) in [5.74, 6) is -0.0405. The summed E-state index contributed by atoms with van der Waals surface area (Å²) in [6.45, 7) is 1.99. The highest BCUT2D eigenvalue weighted by Crippen LogP contribution is 2.28.